The number of methoxy groups -OCH3 is 1. The molecule has 0 aliphatic heterocycles. The highest BCUT2D eigenvalue weighted by molar-refractivity contribution is 5.83. The molecule has 0 radical (unpaired) electrons. The Bertz CT molecular complexity index is 1220. The number of carbonyl (C=O) groups excluding carboxylic acids is 1. The monoisotopic (exact) mass is 523 g/mol. The van der Waals surface area contributed by atoms with Crippen molar-refractivity contribution >= 4 is 16.9 Å². The first kappa shape index (κ1) is 29.2. The highest BCUT2D eigenvalue weighted by Gasteiger charge is 2.14. The molecule has 7 nitrogen and oxygen atoms in total. The number of benzene rings is 1. The zero-order valence-electron chi connectivity index (χ0n) is 23.1. The highest BCUT2D eigenvalue weighted by Crippen LogP contribution is 2.31. The van der Waals surface area contributed by atoms with Crippen LogP contribution in [0.4, 0.5) is 0 Å². The van der Waals surface area contributed by atoms with Gasteiger partial charge in [0.25, 0.3) is 0 Å². The largest absolute Gasteiger partial charge is 0.496 e. The standard InChI is InChI=1S/C31H41NO6/c1-4-30(33)37-18-14-12-10-8-6-5-7-9-11-13-17-36-29-21-24-20-26(31(34)38-28(24)22-32-29)25-16-15-23(2)19-27(25)35-3/h15-16,19-22H,4-14,17-18H2,1-3H3. The lowest BCUT2D eigenvalue weighted by atomic mass is 10.0. The predicted molar refractivity (Wildman–Crippen MR) is 150 cm³/mol. The van der Waals surface area contributed by atoms with Gasteiger partial charge in [0, 0.05) is 23.4 Å². The Hall–Kier alpha value is -3.35. The number of aromatic nitrogens is 1. The van der Waals surface area contributed by atoms with Crippen molar-refractivity contribution in [2.75, 3.05) is 20.3 Å². The molecule has 0 amide bonds. The van der Waals surface area contributed by atoms with Crippen molar-refractivity contribution in [3.63, 3.8) is 0 Å². The van der Waals surface area contributed by atoms with Crippen LogP contribution in [0.5, 0.6) is 11.6 Å². The third-order valence-corrected chi connectivity index (χ3v) is 6.58. The van der Waals surface area contributed by atoms with E-state index in [-0.39, 0.29) is 5.97 Å². The van der Waals surface area contributed by atoms with E-state index in [0.717, 1.165) is 36.6 Å². The summed E-state index contributed by atoms with van der Waals surface area (Å²) in [6.45, 7) is 4.96. The molecule has 3 aromatic rings. The van der Waals surface area contributed by atoms with Crippen LogP contribution in [0.1, 0.15) is 83.1 Å². The van der Waals surface area contributed by atoms with E-state index in [1.54, 1.807) is 13.3 Å². The van der Waals surface area contributed by atoms with Gasteiger partial charge in [-0.25, -0.2) is 9.78 Å². The number of unbranched alkanes of at least 4 members (excludes halogenated alkanes) is 9. The summed E-state index contributed by atoms with van der Waals surface area (Å²) in [5.41, 5.74) is 2.20. The van der Waals surface area contributed by atoms with E-state index in [9.17, 15) is 9.59 Å². The van der Waals surface area contributed by atoms with E-state index >= 15 is 0 Å². The van der Waals surface area contributed by atoms with Crippen LogP contribution >= 0.6 is 0 Å². The predicted octanol–water partition coefficient (Wildman–Crippen LogP) is 7.41. The maximum atomic E-state index is 12.6. The van der Waals surface area contributed by atoms with Gasteiger partial charge in [0.2, 0.25) is 5.88 Å². The van der Waals surface area contributed by atoms with Crippen LogP contribution in [0.2, 0.25) is 0 Å². The molecule has 1 aromatic carbocycles. The number of esters is 1. The fourth-order valence-electron chi connectivity index (χ4n) is 4.38. The SMILES string of the molecule is CCC(=O)OCCCCCCCCCCCCOc1cc2cc(-c3ccc(C)cc3OC)c(=O)oc2cn1. The summed E-state index contributed by atoms with van der Waals surface area (Å²) in [7, 11) is 1.59. The lowest BCUT2D eigenvalue weighted by molar-refractivity contribution is -0.143. The number of nitrogens with zero attached hydrogens (tertiary/aromatic N) is 1. The van der Waals surface area contributed by atoms with Crippen LogP contribution in [0, 0.1) is 6.92 Å². The third kappa shape index (κ3) is 9.19. The Balaban J connectivity index is 1.35. The normalized spacial score (nSPS) is 11.0. The fraction of sp³-hybridized carbons (Fsp3) is 0.516. The smallest absolute Gasteiger partial charge is 0.344 e. The summed E-state index contributed by atoms with van der Waals surface area (Å²) >= 11 is 0. The lowest BCUT2D eigenvalue weighted by Gasteiger charge is -2.10. The summed E-state index contributed by atoms with van der Waals surface area (Å²) in [5.74, 6) is 1.05. The first-order valence-electron chi connectivity index (χ1n) is 13.9. The molecule has 2 heterocycles. The molecule has 0 saturated heterocycles. The van der Waals surface area contributed by atoms with Crippen LogP contribution < -0.4 is 15.1 Å². The fourth-order valence-corrected chi connectivity index (χ4v) is 4.38. The van der Waals surface area contributed by atoms with Crippen molar-refractivity contribution in [1.29, 1.82) is 0 Å². The average molecular weight is 524 g/mol. The number of pyridine rings is 1. The lowest BCUT2D eigenvalue weighted by Crippen LogP contribution is -2.05. The molecule has 2 aromatic heterocycles. The average Bonchev–Trinajstić information content (AvgIpc) is 2.92. The molecular formula is C31H41NO6. The zero-order valence-corrected chi connectivity index (χ0v) is 23.1. The number of hydrogen-bond donors (Lipinski definition) is 0. The quantitative estimate of drug-likeness (QED) is 0.134. The summed E-state index contributed by atoms with van der Waals surface area (Å²) in [6.07, 6.45) is 13.6. The first-order chi connectivity index (χ1) is 18.5. The molecule has 0 N–H and O–H groups in total. The molecule has 0 fully saturated rings. The van der Waals surface area contributed by atoms with E-state index in [1.807, 2.05) is 44.2 Å². The Kier molecular flexibility index (Phi) is 12.1. The van der Waals surface area contributed by atoms with Crippen LogP contribution in [0.25, 0.3) is 22.1 Å². The summed E-state index contributed by atoms with van der Waals surface area (Å²) in [5, 5.41) is 0.759. The third-order valence-electron chi connectivity index (χ3n) is 6.58. The van der Waals surface area contributed by atoms with E-state index in [0.29, 0.717) is 48.0 Å². The minimum atomic E-state index is -0.426. The second kappa shape index (κ2) is 15.8. The Morgan fingerprint density at radius 1 is 0.868 bits per heavy atom. The Morgan fingerprint density at radius 2 is 1.53 bits per heavy atom. The molecule has 0 bridgehead atoms. The van der Waals surface area contributed by atoms with Gasteiger partial charge in [-0.3, -0.25) is 4.79 Å². The minimum absolute atomic E-state index is 0.104. The minimum Gasteiger partial charge on any atom is -0.496 e. The molecule has 38 heavy (non-hydrogen) atoms. The van der Waals surface area contributed by atoms with E-state index < -0.39 is 5.63 Å². The number of fused-ring (bicyclic) bond motifs is 1. The van der Waals surface area contributed by atoms with E-state index in [4.69, 9.17) is 18.6 Å². The van der Waals surface area contributed by atoms with Gasteiger partial charge in [0.15, 0.2) is 5.58 Å². The van der Waals surface area contributed by atoms with Crippen LogP contribution in [-0.2, 0) is 9.53 Å². The first-order valence-corrected chi connectivity index (χ1v) is 13.9. The van der Waals surface area contributed by atoms with Crippen molar-refractivity contribution in [3.05, 3.63) is 52.5 Å². The molecule has 0 saturated carbocycles. The molecule has 0 atom stereocenters. The van der Waals surface area contributed by atoms with Crippen molar-refractivity contribution < 1.29 is 23.4 Å². The Labute approximate surface area is 225 Å². The van der Waals surface area contributed by atoms with Crippen molar-refractivity contribution in [2.45, 2.75) is 84.5 Å². The number of ether oxygens (including phenoxy) is 3. The topological polar surface area (TPSA) is 87.9 Å². The molecule has 0 spiro atoms. The van der Waals surface area contributed by atoms with Gasteiger partial charge in [-0.05, 0) is 37.5 Å². The number of aryl methyl sites for hydroxylation is 1. The maximum absolute atomic E-state index is 12.6. The van der Waals surface area contributed by atoms with Crippen LogP contribution in [-0.4, -0.2) is 31.3 Å². The molecular weight excluding hydrogens is 482 g/mol. The second-order valence-electron chi connectivity index (χ2n) is 9.67. The summed E-state index contributed by atoms with van der Waals surface area (Å²) < 4.78 is 22.0. The van der Waals surface area contributed by atoms with Crippen molar-refractivity contribution in [3.8, 4) is 22.8 Å². The maximum Gasteiger partial charge on any atom is 0.344 e. The Morgan fingerprint density at radius 3 is 2.18 bits per heavy atom. The number of hydrogen-bond acceptors (Lipinski definition) is 7. The van der Waals surface area contributed by atoms with Gasteiger partial charge in [-0.2, -0.15) is 0 Å². The molecule has 3 rings (SSSR count). The van der Waals surface area contributed by atoms with Crippen molar-refractivity contribution in [1.82, 2.24) is 4.98 Å². The molecule has 0 unspecified atom stereocenters. The van der Waals surface area contributed by atoms with Gasteiger partial charge in [0.05, 0.1) is 32.1 Å². The molecule has 206 valence electrons. The van der Waals surface area contributed by atoms with Gasteiger partial charge >= 0.3 is 11.6 Å². The summed E-state index contributed by atoms with van der Waals surface area (Å²) in [4.78, 5) is 28.0. The molecule has 0 aliphatic rings. The number of rotatable bonds is 17. The number of carbonyl (C=O) groups is 1. The van der Waals surface area contributed by atoms with Gasteiger partial charge in [-0.1, -0.05) is 70.4 Å². The van der Waals surface area contributed by atoms with Crippen LogP contribution in [0.3, 0.4) is 0 Å². The molecule has 7 heteroatoms. The van der Waals surface area contributed by atoms with Gasteiger partial charge in [0.1, 0.15) is 5.75 Å². The van der Waals surface area contributed by atoms with Gasteiger partial charge in [-0.15, -0.1) is 0 Å². The second-order valence-corrected chi connectivity index (χ2v) is 9.67. The summed E-state index contributed by atoms with van der Waals surface area (Å²) in [6, 6.07) is 9.34. The highest BCUT2D eigenvalue weighted by atomic mass is 16.5. The van der Waals surface area contributed by atoms with Gasteiger partial charge < -0.3 is 18.6 Å². The van der Waals surface area contributed by atoms with E-state index in [1.165, 1.54) is 38.5 Å². The van der Waals surface area contributed by atoms with Crippen LogP contribution in [0.15, 0.2) is 45.7 Å². The van der Waals surface area contributed by atoms with E-state index in [2.05, 4.69) is 4.98 Å². The zero-order chi connectivity index (χ0) is 27.2. The van der Waals surface area contributed by atoms with Crippen molar-refractivity contribution in [2.24, 2.45) is 0 Å². The molecule has 0 aliphatic carbocycles.